The number of likely N-dealkylation sites (tertiary alicyclic amines) is 1. The lowest BCUT2D eigenvalue weighted by Gasteiger charge is -2.29. The maximum absolute atomic E-state index is 13.1. The van der Waals surface area contributed by atoms with E-state index in [1.165, 1.54) is 18.2 Å². The summed E-state index contributed by atoms with van der Waals surface area (Å²) in [7, 11) is 0. The number of carbonyl (C=O) groups excluding carboxylic acids is 1. The third-order valence-corrected chi connectivity index (χ3v) is 5.43. The summed E-state index contributed by atoms with van der Waals surface area (Å²) >= 11 is 1.29. The molecule has 0 spiro atoms. The minimum atomic E-state index is -0.404. The van der Waals surface area contributed by atoms with Crippen molar-refractivity contribution in [1.82, 2.24) is 15.1 Å². The number of rotatable bonds is 5. The molecule has 26 heavy (non-hydrogen) atoms. The molecule has 4 rings (SSSR count). The van der Waals surface area contributed by atoms with Crippen molar-refractivity contribution in [3.8, 4) is 11.7 Å². The Bertz CT molecular complexity index is 842. The van der Waals surface area contributed by atoms with Gasteiger partial charge in [0.25, 0.3) is 11.1 Å². The van der Waals surface area contributed by atoms with Crippen LogP contribution in [0.3, 0.4) is 0 Å². The predicted octanol–water partition coefficient (Wildman–Crippen LogP) is 4.18. The minimum Gasteiger partial charge on any atom is -0.459 e. The van der Waals surface area contributed by atoms with E-state index in [4.69, 9.17) is 8.83 Å². The second-order valence-corrected chi connectivity index (χ2v) is 7.20. The first kappa shape index (κ1) is 16.9. The Morgan fingerprint density at radius 3 is 2.58 bits per heavy atom. The van der Waals surface area contributed by atoms with Crippen LogP contribution in [0.4, 0.5) is 0 Å². The lowest BCUT2D eigenvalue weighted by atomic mass is 10.1. The lowest BCUT2D eigenvalue weighted by molar-refractivity contribution is -0.131. The molecule has 0 radical (unpaired) electrons. The van der Waals surface area contributed by atoms with E-state index in [2.05, 4.69) is 10.2 Å². The largest absolute Gasteiger partial charge is 0.459 e. The molecule has 0 N–H and O–H groups in total. The van der Waals surface area contributed by atoms with Gasteiger partial charge in [0.2, 0.25) is 5.91 Å². The Hall–Kier alpha value is -2.54. The van der Waals surface area contributed by atoms with Crippen LogP contribution in [-0.2, 0) is 4.79 Å². The molecule has 1 aliphatic heterocycles. The van der Waals surface area contributed by atoms with Crippen LogP contribution in [-0.4, -0.2) is 34.1 Å². The zero-order valence-corrected chi connectivity index (χ0v) is 15.0. The van der Waals surface area contributed by atoms with Crippen molar-refractivity contribution in [2.24, 2.45) is 0 Å². The van der Waals surface area contributed by atoms with Crippen LogP contribution >= 0.6 is 11.8 Å². The highest BCUT2D eigenvalue weighted by molar-refractivity contribution is 8.00. The third kappa shape index (κ3) is 3.67. The smallest absolute Gasteiger partial charge is 0.284 e. The molecule has 1 atom stereocenters. The fourth-order valence-corrected chi connectivity index (χ4v) is 3.99. The van der Waals surface area contributed by atoms with Gasteiger partial charge in [-0.2, -0.15) is 0 Å². The zero-order chi connectivity index (χ0) is 17.8. The molecule has 0 aliphatic carbocycles. The SMILES string of the molecule is O=C([C@H](Sc1nnc(-c2ccco2)o1)c1ccccc1)N1CCCCC1. The molecule has 1 aromatic carbocycles. The summed E-state index contributed by atoms with van der Waals surface area (Å²) in [6, 6.07) is 13.3. The first-order chi connectivity index (χ1) is 12.8. The van der Waals surface area contributed by atoms with Crippen LogP contribution in [0, 0.1) is 0 Å². The molecule has 3 aromatic rings. The summed E-state index contributed by atoms with van der Waals surface area (Å²) in [5.74, 6) is 0.927. The van der Waals surface area contributed by atoms with E-state index in [0.29, 0.717) is 16.9 Å². The average Bonchev–Trinajstić information content (AvgIpc) is 3.39. The van der Waals surface area contributed by atoms with Crippen molar-refractivity contribution in [1.29, 1.82) is 0 Å². The van der Waals surface area contributed by atoms with Gasteiger partial charge in [0.1, 0.15) is 5.25 Å². The molecule has 2 aromatic heterocycles. The Labute approximate surface area is 155 Å². The summed E-state index contributed by atoms with van der Waals surface area (Å²) in [4.78, 5) is 15.1. The third-order valence-electron chi connectivity index (χ3n) is 4.35. The number of carbonyl (C=O) groups is 1. The number of benzene rings is 1. The van der Waals surface area contributed by atoms with Gasteiger partial charge in [-0.3, -0.25) is 4.79 Å². The highest BCUT2D eigenvalue weighted by Gasteiger charge is 2.30. The van der Waals surface area contributed by atoms with E-state index in [1.54, 1.807) is 18.4 Å². The summed E-state index contributed by atoms with van der Waals surface area (Å²) in [5, 5.41) is 8.06. The molecular formula is C19H19N3O3S. The van der Waals surface area contributed by atoms with Gasteiger partial charge >= 0.3 is 0 Å². The molecule has 3 heterocycles. The van der Waals surface area contributed by atoms with Crippen LogP contribution in [0.2, 0.25) is 0 Å². The van der Waals surface area contributed by atoms with Crippen molar-refractivity contribution in [2.45, 2.75) is 29.7 Å². The molecular weight excluding hydrogens is 350 g/mol. The first-order valence-corrected chi connectivity index (χ1v) is 9.57. The molecule has 0 unspecified atom stereocenters. The standard InChI is InChI=1S/C19H19N3O3S/c23-18(22-11-5-2-6-12-22)16(14-8-3-1-4-9-14)26-19-21-20-17(25-19)15-10-7-13-24-15/h1,3-4,7-10,13,16H,2,5-6,11-12H2/t16-/m1/s1. The maximum atomic E-state index is 13.1. The van der Waals surface area contributed by atoms with E-state index in [9.17, 15) is 4.79 Å². The molecule has 134 valence electrons. The molecule has 1 aliphatic rings. The van der Waals surface area contributed by atoms with Crippen LogP contribution in [0.1, 0.15) is 30.1 Å². The quantitative estimate of drug-likeness (QED) is 0.628. The van der Waals surface area contributed by atoms with Gasteiger partial charge in [0, 0.05) is 13.1 Å². The number of amides is 1. The van der Waals surface area contributed by atoms with Crippen LogP contribution in [0.15, 0.2) is 62.8 Å². The van der Waals surface area contributed by atoms with Gasteiger partial charge in [-0.05, 0) is 48.7 Å². The Morgan fingerprint density at radius 1 is 1.04 bits per heavy atom. The molecule has 1 amide bonds. The van der Waals surface area contributed by atoms with Gasteiger partial charge in [-0.15, -0.1) is 10.2 Å². The van der Waals surface area contributed by atoms with Crippen molar-refractivity contribution in [3.05, 3.63) is 54.3 Å². The number of thioether (sulfide) groups is 1. The van der Waals surface area contributed by atoms with Crippen LogP contribution in [0.5, 0.6) is 0 Å². The molecule has 0 saturated carbocycles. The topological polar surface area (TPSA) is 72.4 Å². The van der Waals surface area contributed by atoms with E-state index in [-0.39, 0.29) is 5.91 Å². The molecule has 7 heteroatoms. The number of piperidine rings is 1. The highest BCUT2D eigenvalue weighted by Crippen LogP contribution is 2.37. The molecule has 1 fully saturated rings. The number of nitrogens with zero attached hydrogens (tertiary/aromatic N) is 3. The Kier molecular flexibility index (Phi) is 5.06. The molecule has 0 bridgehead atoms. The van der Waals surface area contributed by atoms with Crippen molar-refractivity contribution >= 4 is 17.7 Å². The normalized spacial score (nSPS) is 15.8. The van der Waals surface area contributed by atoms with Gasteiger partial charge in [-0.1, -0.05) is 30.3 Å². The zero-order valence-electron chi connectivity index (χ0n) is 14.2. The average molecular weight is 369 g/mol. The van der Waals surface area contributed by atoms with Gasteiger partial charge in [-0.25, -0.2) is 0 Å². The second kappa shape index (κ2) is 7.78. The van der Waals surface area contributed by atoms with E-state index in [1.807, 2.05) is 35.2 Å². The minimum absolute atomic E-state index is 0.0960. The number of hydrogen-bond donors (Lipinski definition) is 0. The number of hydrogen-bond acceptors (Lipinski definition) is 6. The monoisotopic (exact) mass is 369 g/mol. The highest BCUT2D eigenvalue weighted by atomic mass is 32.2. The maximum Gasteiger partial charge on any atom is 0.284 e. The lowest BCUT2D eigenvalue weighted by Crippen LogP contribution is -2.38. The van der Waals surface area contributed by atoms with E-state index < -0.39 is 5.25 Å². The Morgan fingerprint density at radius 2 is 1.85 bits per heavy atom. The van der Waals surface area contributed by atoms with E-state index in [0.717, 1.165) is 31.5 Å². The summed E-state index contributed by atoms with van der Waals surface area (Å²) in [6.45, 7) is 1.62. The van der Waals surface area contributed by atoms with Crippen LogP contribution < -0.4 is 0 Å². The van der Waals surface area contributed by atoms with Crippen molar-refractivity contribution in [3.63, 3.8) is 0 Å². The second-order valence-electron chi connectivity index (χ2n) is 6.14. The van der Waals surface area contributed by atoms with Crippen molar-refractivity contribution < 1.29 is 13.6 Å². The van der Waals surface area contributed by atoms with Gasteiger partial charge in [0.15, 0.2) is 5.76 Å². The number of furan rings is 1. The summed E-state index contributed by atoms with van der Waals surface area (Å²) in [6.07, 6.45) is 4.85. The Balaban J connectivity index is 1.58. The fraction of sp³-hybridized carbons (Fsp3) is 0.316. The van der Waals surface area contributed by atoms with Gasteiger partial charge in [0.05, 0.1) is 6.26 Å². The summed E-state index contributed by atoms with van der Waals surface area (Å²) in [5.41, 5.74) is 0.936. The molecule has 6 nitrogen and oxygen atoms in total. The number of aromatic nitrogens is 2. The summed E-state index contributed by atoms with van der Waals surface area (Å²) < 4.78 is 11.0. The van der Waals surface area contributed by atoms with Crippen molar-refractivity contribution in [2.75, 3.05) is 13.1 Å². The first-order valence-electron chi connectivity index (χ1n) is 8.69. The van der Waals surface area contributed by atoms with Crippen LogP contribution in [0.25, 0.3) is 11.7 Å². The van der Waals surface area contributed by atoms with E-state index >= 15 is 0 Å². The molecule has 1 saturated heterocycles. The predicted molar refractivity (Wildman–Crippen MR) is 97.5 cm³/mol. The van der Waals surface area contributed by atoms with Gasteiger partial charge < -0.3 is 13.7 Å². The fourth-order valence-electron chi connectivity index (χ4n) is 3.03.